The summed E-state index contributed by atoms with van der Waals surface area (Å²) in [6, 6.07) is 7.56. The first-order valence-electron chi connectivity index (χ1n) is 17.9. The number of carbonyl (C=O) groups is 4. The van der Waals surface area contributed by atoms with Gasteiger partial charge < -0.3 is 23.8 Å². The fraction of sp³-hybridized carbons (Fsp3) is 0.436. The number of ether oxygens (including phenoxy) is 2. The Labute approximate surface area is 296 Å². The number of rotatable bonds is 9. The van der Waals surface area contributed by atoms with Gasteiger partial charge in [0.2, 0.25) is 5.91 Å². The Balaban J connectivity index is 0.990. The van der Waals surface area contributed by atoms with Gasteiger partial charge in [0.25, 0.3) is 17.4 Å². The topological polar surface area (TPSA) is 131 Å². The van der Waals surface area contributed by atoms with Crippen LogP contribution in [0.15, 0.2) is 53.6 Å². The van der Waals surface area contributed by atoms with E-state index in [4.69, 9.17) is 14.5 Å². The molecular formula is C39H43N5O7. The van der Waals surface area contributed by atoms with Gasteiger partial charge in [-0.25, -0.2) is 9.78 Å². The molecular weight excluding hydrogens is 650 g/mol. The van der Waals surface area contributed by atoms with Crippen molar-refractivity contribution in [3.8, 4) is 17.1 Å². The summed E-state index contributed by atoms with van der Waals surface area (Å²) in [5, 5.41) is 0.882. The number of imide groups is 1. The molecule has 4 amide bonds. The predicted molar refractivity (Wildman–Crippen MR) is 190 cm³/mol. The third-order valence-corrected chi connectivity index (χ3v) is 11.1. The van der Waals surface area contributed by atoms with Crippen LogP contribution in [0.2, 0.25) is 0 Å². The number of allylic oxidation sites excluding steroid dienone is 1. The number of nitrogens with zero attached hydrogens (tertiary/aromatic N) is 5. The molecule has 1 unspecified atom stereocenters. The van der Waals surface area contributed by atoms with Crippen LogP contribution in [0, 0.1) is 0 Å². The highest BCUT2D eigenvalue weighted by Crippen LogP contribution is 2.44. The molecule has 1 saturated heterocycles. The molecule has 0 spiro atoms. The quantitative estimate of drug-likeness (QED) is 0.180. The third kappa shape index (κ3) is 6.00. The molecule has 0 radical (unpaired) electrons. The molecule has 12 nitrogen and oxygen atoms in total. The summed E-state index contributed by atoms with van der Waals surface area (Å²) >= 11 is 0. The first-order chi connectivity index (χ1) is 24.5. The highest BCUT2D eigenvalue weighted by atomic mass is 16.6. The highest BCUT2D eigenvalue weighted by molar-refractivity contribution is 6.12. The minimum atomic E-state index is -0.471. The Morgan fingerprint density at radius 2 is 1.69 bits per heavy atom. The van der Waals surface area contributed by atoms with Crippen LogP contribution in [0.1, 0.15) is 75.1 Å². The Hall–Kier alpha value is -5.26. The number of aryl methyl sites for hydroxylation is 1. The maximum atomic E-state index is 13.8. The van der Waals surface area contributed by atoms with E-state index in [0.717, 1.165) is 51.8 Å². The largest absolute Gasteiger partial charge is 0.493 e. The lowest BCUT2D eigenvalue weighted by atomic mass is 9.75. The van der Waals surface area contributed by atoms with E-state index in [1.54, 1.807) is 20.4 Å². The zero-order valence-corrected chi connectivity index (χ0v) is 29.5. The Bertz CT molecular complexity index is 2060. The first-order valence-corrected chi connectivity index (χ1v) is 17.9. The summed E-state index contributed by atoms with van der Waals surface area (Å²) in [4.78, 5) is 72.8. The molecule has 1 aromatic carbocycles. The molecule has 4 aliphatic heterocycles. The molecule has 6 heterocycles. The summed E-state index contributed by atoms with van der Waals surface area (Å²) in [6.45, 7) is 12.9. The fourth-order valence-corrected chi connectivity index (χ4v) is 7.72. The lowest BCUT2D eigenvalue weighted by molar-refractivity contribution is -0.137. The van der Waals surface area contributed by atoms with Crippen molar-refractivity contribution in [1.29, 1.82) is 0 Å². The van der Waals surface area contributed by atoms with Gasteiger partial charge in [-0.1, -0.05) is 26.8 Å². The van der Waals surface area contributed by atoms with Crippen molar-refractivity contribution in [3.05, 3.63) is 81.4 Å². The second-order valence-corrected chi connectivity index (χ2v) is 13.9. The number of benzene rings is 1. The third-order valence-electron chi connectivity index (χ3n) is 11.1. The van der Waals surface area contributed by atoms with Gasteiger partial charge in [-0.2, -0.15) is 0 Å². The molecule has 266 valence electrons. The summed E-state index contributed by atoms with van der Waals surface area (Å²) < 4.78 is 13.5. The number of amides is 4. The lowest BCUT2D eigenvalue weighted by Gasteiger charge is -2.37. The van der Waals surface area contributed by atoms with Crippen LogP contribution in [0.25, 0.3) is 22.3 Å². The van der Waals surface area contributed by atoms with Gasteiger partial charge in [0, 0.05) is 67.7 Å². The fourth-order valence-electron chi connectivity index (χ4n) is 7.72. The Kier molecular flexibility index (Phi) is 9.03. The number of hydrogen-bond acceptors (Lipinski definition) is 8. The molecule has 1 fully saturated rings. The predicted octanol–water partition coefficient (Wildman–Crippen LogP) is 4.83. The number of fused-ring (bicyclic) bond motifs is 5. The Morgan fingerprint density at radius 1 is 0.961 bits per heavy atom. The lowest BCUT2D eigenvalue weighted by Crippen LogP contribution is -2.51. The smallest absolute Gasteiger partial charge is 0.415 e. The second kappa shape index (κ2) is 13.5. The number of unbranched alkanes of at least 4 members (excludes halogenated alkanes) is 2. The van der Waals surface area contributed by atoms with E-state index >= 15 is 0 Å². The van der Waals surface area contributed by atoms with Gasteiger partial charge in [-0.15, -0.1) is 0 Å². The molecule has 0 aliphatic carbocycles. The van der Waals surface area contributed by atoms with Crippen molar-refractivity contribution >= 4 is 34.7 Å². The average molecular weight is 694 g/mol. The monoisotopic (exact) mass is 693 g/mol. The van der Waals surface area contributed by atoms with Crippen molar-refractivity contribution in [2.75, 3.05) is 32.7 Å². The van der Waals surface area contributed by atoms with Gasteiger partial charge in [0.15, 0.2) is 0 Å². The van der Waals surface area contributed by atoms with E-state index < -0.39 is 11.5 Å². The van der Waals surface area contributed by atoms with E-state index in [-0.39, 0.29) is 29.9 Å². The standard InChI is InChI=1S/C39H43N5O7/c1-5-26-27-20-25(51-38(49)42-18-16-41(17-19-42)33(45)10-8-7-9-15-43-34(46)13-14-35(43)47)11-12-31(27)40-36-28(26)22-44-32(36)21-30-29(37(44)48)23-50-24(3)39(30,4)6-2/h11-14,20-21H,3,5-10,15-19,22-23H2,1-2,4H3. The summed E-state index contributed by atoms with van der Waals surface area (Å²) in [6.07, 6.45) is 5.97. The van der Waals surface area contributed by atoms with Crippen molar-refractivity contribution in [2.24, 2.45) is 0 Å². The minimum Gasteiger partial charge on any atom is -0.493 e. The summed E-state index contributed by atoms with van der Waals surface area (Å²) in [7, 11) is 0. The van der Waals surface area contributed by atoms with E-state index in [9.17, 15) is 24.0 Å². The van der Waals surface area contributed by atoms with Gasteiger partial charge in [0.05, 0.1) is 34.8 Å². The van der Waals surface area contributed by atoms with Gasteiger partial charge in [0.1, 0.15) is 12.4 Å². The minimum absolute atomic E-state index is 0.0300. The van der Waals surface area contributed by atoms with Crippen LogP contribution >= 0.6 is 0 Å². The van der Waals surface area contributed by atoms with Crippen LogP contribution in [-0.2, 0) is 44.1 Å². The summed E-state index contributed by atoms with van der Waals surface area (Å²) in [5.41, 5.74) is 5.55. The second-order valence-electron chi connectivity index (χ2n) is 13.9. The summed E-state index contributed by atoms with van der Waals surface area (Å²) in [5.74, 6) is 0.541. The van der Waals surface area contributed by atoms with Gasteiger partial charge >= 0.3 is 6.09 Å². The molecule has 12 heteroatoms. The molecule has 7 rings (SSSR count). The van der Waals surface area contributed by atoms with Gasteiger partial charge in [-0.05, 0) is 68.0 Å². The van der Waals surface area contributed by atoms with E-state index in [2.05, 4.69) is 33.4 Å². The number of hydrogen-bond donors (Lipinski definition) is 0. The van der Waals surface area contributed by atoms with E-state index in [0.29, 0.717) is 82.0 Å². The van der Waals surface area contributed by atoms with Crippen LogP contribution in [-0.4, -0.2) is 80.8 Å². The first kappa shape index (κ1) is 34.2. The SMILES string of the molecule is C=C1OCc2c(cc3n(c2=O)Cc2c-3nc3ccc(OC(=O)N4CCN(C(=O)CCCCCN5C(=O)C=CC5=O)CC4)cc3c2CC)C1(C)CC. The van der Waals surface area contributed by atoms with Crippen molar-refractivity contribution in [1.82, 2.24) is 24.3 Å². The molecule has 0 saturated carbocycles. The van der Waals surface area contributed by atoms with Crippen LogP contribution < -0.4 is 10.3 Å². The van der Waals surface area contributed by atoms with Crippen molar-refractivity contribution in [3.63, 3.8) is 0 Å². The number of aromatic nitrogens is 2. The number of piperazine rings is 1. The molecule has 3 aromatic rings. The molecule has 0 N–H and O–H groups in total. The van der Waals surface area contributed by atoms with Crippen molar-refractivity contribution in [2.45, 2.75) is 77.9 Å². The van der Waals surface area contributed by atoms with Gasteiger partial charge in [-0.3, -0.25) is 24.1 Å². The number of pyridine rings is 2. The zero-order chi connectivity index (χ0) is 36.0. The van der Waals surface area contributed by atoms with E-state index in [1.165, 1.54) is 17.1 Å². The maximum Gasteiger partial charge on any atom is 0.415 e. The van der Waals surface area contributed by atoms with Crippen LogP contribution in [0.5, 0.6) is 5.75 Å². The molecule has 1 atom stereocenters. The normalized spacial score (nSPS) is 19.4. The van der Waals surface area contributed by atoms with Crippen LogP contribution in [0.3, 0.4) is 0 Å². The molecule has 0 bridgehead atoms. The van der Waals surface area contributed by atoms with Crippen LogP contribution in [0.4, 0.5) is 4.79 Å². The average Bonchev–Trinajstić information content (AvgIpc) is 3.67. The molecule has 51 heavy (non-hydrogen) atoms. The highest BCUT2D eigenvalue weighted by Gasteiger charge is 2.39. The Morgan fingerprint density at radius 3 is 2.39 bits per heavy atom. The van der Waals surface area contributed by atoms with E-state index in [1.807, 2.05) is 12.1 Å². The van der Waals surface area contributed by atoms with Crippen molar-refractivity contribution < 1.29 is 28.7 Å². The maximum absolute atomic E-state index is 13.8. The molecule has 2 aromatic heterocycles. The number of carbonyl (C=O) groups excluding carboxylic acids is 4. The molecule has 4 aliphatic rings. The zero-order valence-electron chi connectivity index (χ0n) is 29.5.